The Bertz CT molecular complexity index is 616. The molecule has 0 fully saturated rings. The lowest BCUT2D eigenvalue weighted by molar-refractivity contribution is -0.136. The number of hydrogen-bond donors (Lipinski definition) is 0. The maximum absolute atomic E-state index is 11.9. The SMILES string of the molecule is COc1c(C(=O)OC(C)=O)ccc(C)c1C(=O)OC(C)=O. The summed E-state index contributed by atoms with van der Waals surface area (Å²) >= 11 is 0. The molecule has 0 aliphatic rings. The number of benzene rings is 1. The van der Waals surface area contributed by atoms with Gasteiger partial charge in [-0.2, -0.15) is 0 Å². The summed E-state index contributed by atoms with van der Waals surface area (Å²) in [6, 6.07) is 2.81. The quantitative estimate of drug-likeness (QED) is 0.614. The van der Waals surface area contributed by atoms with Crippen molar-refractivity contribution in [2.75, 3.05) is 7.11 Å². The zero-order valence-corrected chi connectivity index (χ0v) is 12.0. The molecule has 0 saturated carbocycles. The van der Waals surface area contributed by atoms with E-state index in [0.717, 1.165) is 13.8 Å². The smallest absolute Gasteiger partial charge is 0.349 e. The van der Waals surface area contributed by atoms with Crippen LogP contribution in [-0.2, 0) is 19.1 Å². The molecule has 0 atom stereocenters. The summed E-state index contributed by atoms with van der Waals surface area (Å²) in [5.74, 6) is -3.62. The van der Waals surface area contributed by atoms with Crippen LogP contribution in [0.3, 0.4) is 0 Å². The number of hydrogen-bond acceptors (Lipinski definition) is 7. The molecule has 7 nitrogen and oxygen atoms in total. The Morgan fingerprint density at radius 3 is 1.90 bits per heavy atom. The highest BCUT2D eigenvalue weighted by Crippen LogP contribution is 2.28. The molecule has 0 amide bonds. The molecule has 112 valence electrons. The fourth-order valence-electron chi connectivity index (χ4n) is 1.67. The lowest BCUT2D eigenvalue weighted by Gasteiger charge is -2.13. The minimum Gasteiger partial charge on any atom is -0.495 e. The van der Waals surface area contributed by atoms with Crippen molar-refractivity contribution in [3.8, 4) is 5.75 Å². The second-order valence-electron chi connectivity index (χ2n) is 4.10. The predicted molar refractivity (Wildman–Crippen MR) is 69.9 cm³/mol. The van der Waals surface area contributed by atoms with Crippen molar-refractivity contribution in [1.82, 2.24) is 0 Å². The highest BCUT2D eigenvalue weighted by molar-refractivity contribution is 6.05. The Hall–Kier alpha value is -2.70. The largest absolute Gasteiger partial charge is 0.495 e. The molecular weight excluding hydrogens is 280 g/mol. The van der Waals surface area contributed by atoms with Crippen LogP contribution in [0.25, 0.3) is 0 Å². The molecular formula is C14H14O7. The first-order chi connectivity index (χ1) is 9.77. The van der Waals surface area contributed by atoms with E-state index in [9.17, 15) is 19.2 Å². The maximum atomic E-state index is 11.9. The van der Waals surface area contributed by atoms with Crippen molar-refractivity contribution >= 4 is 23.9 Å². The normalized spacial score (nSPS) is 9.71. The average Bonchev–Trinajstić information content (AvgIpc) is 2.35. The van der Waals surface area contributed by atoms with E-state index in [1.165, 1.54) is 19.2 Å². The Kier molecular flexibility index (Phi) is 5.18. The van der Waals surface area contributed by atoms with Gasteiger partial charge >= 0.3 is 23.9 Å². The van der Waals surface area contributed by atoms with Crippen LogP contribution in [0.15, 0.2) is 12.1 Å². The van der Waals surface area contributed by atoms with Gasteiger partial charge in [0.1, 0.15) is 16.9 Å². The zero-order chi connectivity index (χ0) is 16.2. The summed E-state index contributed by atoms with van der Waals surface area (Å²) in [6.45, 7) is 3.73. The highest BCUT2D eigenvalue weighted by Gasteiger charge is 2.25. The molecule has 0 saturated heterocycles. The van der Waals surface area contributed by atoms with Crippen LogP contribution in [0.5, 0.6) is 5.75 Å². The Morgan fingerprint density at radius 1 is 0.905 bits per heavy atom. The van der Waals surface area contributed by atoms with E-state index in [2.05, 4.69) is 9.47 Å². The van der Waals surface area contributed by atoms with Gasteiger partial charge in [-0.25, -0.2) is 9.59 Å². The lowest BCUT2D eigenvalue weighted by atomic mass is 10.0. The number of rotatable bonds is 3. The first kappa shape index (κ1) is 16.4. The average molecular weight is 294 g/mol. The summed E-state index contributed by atoms with van der Waals surface area (Å²) in [6.07, 6.45) is 0. The van der Waals surface area contributed by atoms with Crippen molar-refractivity contribution in [1.29, 1.82) is 0 Å². The molecule has 0 aliphatic heterocycles. The number of ether oxygens (including phenoxy) is 3. The second kappa shape index (κ2) is 6.65. The van der Waals surface area contributed by atoms with Crippen molar-refractivity contribution in [2.24, 2.45) is 0 Å². The number of aryl methyl sites for hydroxylation is 1. The minimum atomic E-state index is -0.962. The van der Waals surface area contributed by atoms with Gasteiger partial charge in [0.15, 0.2) is 0 Å². The van der Waals surface area contributed by atoms with Crippen LogP contribution in [0.2, 0.25) is 0 Å². The van der Waals surface area contributed by atoms with Gasteiger partial charge < -0.3 is 14.2 Å². The van der Waals surface area contributed by atoms with Crippen molar-refractivity contribution in [3.63, 3.8) is 0 Å². The van der Waals surface area contributed by atoms with E-state index in [4.69, 9.17) is 4.74 Å². The Morgan fingerprint density at radius 2 is 1.43 bits per heavy atom. The molecule has 0 radical (unpaired) electrons. The van der Waals surface area contributed by atoms with Gasteiger partial charge in [0, 0.05) is 13.8 Å². The molecule has 0 N–H and O–H groups in total. The number of carbonyl (C=O) groups excluding carboxylic acids is 4. The molecule has 0 aromatic heterocycles. The predicted octanol–water partition coefficient (Wildman–Crippen LogP) is 1.41. The fraction of sp³-hybridized carbons (Fsp3) is 0.286. The van der Waals surface area contributed by atoms with Crippen LogP contribution in [0.4, 0.5) is 0 Å². The van der Waals surface area contributed by atoms with Crippen molar-refractivity contribution in [2.45, 2.75) is 20.8 Å². The molecule has 0 spiro atoms. The van der Waals surface area contributed by atoms with Gasteiger partial charge in [-0.05, 0) is 18.6 Å². The van der Waals surface area contributed by atoms with Gasteiger partial charge in [-0.15, -0.1) is 0 Å². The van der Waals surface area contributed by atoms with Crippen LogP contribution in [0.1, 0.15) is 40.1 Å². The second-order valence-corrected chi connectivity index (χ2v) is 4.10. The molecule has 1 aromatic rings. The molecule has 0 bridgehead atoms. The third-order valence-electron chi connectivity index (χ3n) is 2.47. The highest BCUT2D eigenvalue weighted by atomic mass is 16.6. The third kappa shape index (κ3) is 3.88. The molecule has 1 rings (SSSR count). The fourth-order valence-corrected chi connectivity index (χ4v) is 1.67. The van der Waals surface area contributed by atoms with E-state index < -0.39 is 23.9 Å². The topological polar surface area (TPSA) is 96.0 Å². The molecule has 7 heteroatoms. The van der Waals surface area contributed by atoms with E-state index in [-0.39, 0.29) is 16.9 Å². The van der Waals surface area contributed by atoms with E-state index in [1.807, 2.05) is 0 Å². The summed E-state index contributed by atoms with van der Waals surface area (Å²) in [5.41, 5.74) is 0.247. The molecule has 0 heterocycles. The summed E-state index contributed by atoms with van der Waals surface area (Å²) < 4.78 is 14.0. The Labute approximate surface area is 120 Å². The number of carbonyl (C=O) groups is 4. The molecule has 21 heavy (non-hydrogen) atoms. The maximum Gasteiger partial charge on any atom is 0.349 e. The van der Waals surface area contributed by atoms with Gasteiger partial charge in [-0.3, -0.25) is 9.59 Å². The van der Waals surface area contributed by atoms with Crippen LogP contribution in [0, 0.1) is 6.92 Å². The first-order valence-electron chi connectivity index (χ1n) is 5.91. The monoisotopic (exact) mass is 294 g/mol. The van der Waals surface area contributed by atoms with Crippen LogP contribution >= 0.6 is 0 Å². The van der Waals surface area contributed by atoms with Gasteiger partial charge in [-0.1, -0.05) is 6.07 Å². The summed E-state index contributed by atoms with van der Waals surface area (Å²) in [7, 11) is 1.24. The van der Waals surface area contributed by atoms with Gasteiger partial charge in [0.25, 0.3) is 0 Å². The van der Waals surface area contributed by atoms with Gasteiger partial charge in [0.05, 0.1) is 7.11 Å². The molecule has 0 aliphatic carbocycles. The zero-order valence-electron chi connectivity index (χ0n) is 12.0. The third-order valence-corrected chi connectivity index (χ3v) is 2.47. The first-order valence-corrected chi connectivity index (χ1v) is 5.91. The van der Waals surface area contributed by atoms with Crippen molar-refractivity contribution < 1.29 is 33.4 Å². The number of methoxy groups -OCH3 is 1. The van der Waals surface area contributed by atoms with Crippen LogP contribution in [-0.4, -0.2) is 31.0 Å². The standard InChI is InChI=1S/C14H14O7/c1-7-5-6-10(13(17)20-8(2)15)12(19-4)11(7)14(18)21-9(3)16/h5-6H,1-4H3. The molecule has 1 aromatic carbocycles. The van der Waals surface area contributed by atoms with E-state index in [1.54, 1.807) is 6.92 Å². The lowest BCUT2D eigenvalue weighted by Crippen LogP contribution is -2.16. The number of esters is 4. The van der Waals surface area contributed by atoms with E-state index >= 15 is 0 Å². The minimum absolute atomic E-state index is 0.0781. The molecule has 0 unspecified atom stereocenters. The Balaban J connectivity index is 3.37. The summed E-state index contributed by atoms with van der Waals surface area (Å²) in [4.78, 5) is 45.4. The van der Waals surface area contributed by atoms with Gasteiger partial charge in [0.2, 0.25) is 0 Å². The van der Waals surface area contributed by atoms with Crippen LogP contribution < -0.4 is 4.74 Å². The summed E-state index contributed by atoms with van der Waals surface area (Å²) in [5, 5.41) is 0. The van der Waals surface area contributed by atoms with Crippen molar-refractivity contribution in [3.05, 3.63) is 28.8 Å². The van der Waals surface area contributed by atoms with E-state index in [0.29, 0.717) is 5.56 Å².